The van der Waals surface area contributed by atoms with Crippen LogP contribution in [0.2, 0.25) is 0 Å². The molecule has 132 valence electrons. The van der Waals surface area contributed by atoms with Crippen molar-refractivity contribution >= 4 is 11.8 Å². The molecular weight excluding hydrogens is 316 g/mol. The molecule has 2 aromatic rings. The molecule has 0 aromatic carbocycles. The lowest BCUT2D eigenvalue weighted by Gasteiger charge is -2.31. The molecule has 6 heteroatoms. The molecule has 1 aliphatic rings. The molecule has 0 bridgehead atoms. The molecule has 1 N–H and O–H groups in total. The van der Waals surface area contributed by atoms with Gasteiger partial charge in [-0.15, -0.1) is 0 Å². The average molecular weight is 340 g/mol. The normalized spacial score (nSPS) is 14.0. The summed E-state index contributed by atoms with van der Waals surface area (Å²) in [5, 5.41) is 3.36. The van der Waals surface area contributed by atoms with E-state index in [2.05, 4.69) is 21.4 Å². The summed E-state index contributed by atoms with van der Waals surface area (Å²) in [6.45, 7) is 7.49. The van der Waals surface area contributed by atoms with Crippen LogP contribution >= 0.6 is 0 Å². The maximum atomic E-state index is 12.3. The van der Waals surface area contributed by atoms with E-state index in [0.29, 0.717) is 19.6 Å². The summed E-state index contributed by atoms with van der Waals surface area (Å²) in [7, 11) is 0. The number of fused-ring (bicyclic) bond motifs is 1. The molecule has 0 fully saturated rings. The SMILES string of the molecule is CC(C)(C)OC(=O)N1CCc2ncc(NCc3cccnc3)cc2C1. The number of hydrogen-bond donors (Lipinski definition) is 1. The van der Waals surface area contributed by atoms with Gasteiger partial charge >= 0.3 is 6.09 Å². The summed E-state index contributed by atoms with van der Waals surface area (Å²) >= 11 is 0. The van der Waals surface area contributed by atoms with E-state index in [1.807, 2.05) is 45.3 Å². The van der Waals surface area contributed by atoms with E-state index in [0.717, 1.165) is 28.9 Å². The van der Waals surface area contributed by atoms with Crippen molar-refractivity contribution in [1.29, 1.82) is 0 Å². The molecule has 3 rings (SSSR count). The fraction of sp³-hybridized carbons (Fsp3) is 0.421. The second kappa shape index (κ2) is 7.09. The largest absolute Gasteiger partial charge is 0.444 e. The van der Waals surface area contributed by atoms with Gasteiger partial charge in [0.25, 0.3) is 0 Å². The van der Waals surface area contributed by atoms with Crippen molar-refractivity contribution in [3.63, 3.8) is 0 Å². The molecule has 2 aromatic heterocycles. The highest BCUT2D eigenvalue weighted by molar-refractivity contribution is 5.68. The average Bonchev–Trinajstić information content (AvgIpc) is 2.58. The van der Waals surface area contributed by atoms with Crippen LogP contribution in [0.15, 0.2) is 36.8 Å². The molecule has 0 unspecified atom stereocenters. The summed E-state index contributed by atoms with van der Waals surface area (Å²) in [5.41, 5.74) is 3.67. The Bertz CT molecular complexity index is 741. The minimum absolute atomic E-state index is 0.271. The molecule has 0 atom stereocenters. The van der Waals surface area contributed by atoms with Crippen molar-refractivity contribution in [1.82, 2.24) is 14.9 Å². The van der Waals surface area contributed by atoms with Gasteiger partial charge in [-0.25, -0.2) is 4.79 Å². The molecule has 0 spiro atoms. The van der Waals surface area contributed by atoms with Crippen molar-refractivity contribution in [2.75, 3.05) is 11.9 Å². The lowest BCUT2D eigenvalue weighted by atomic mass is 10.1. The summed E-state index contributed by atoms with van der Waals surface area (Å²) < 4.78 is 5.47. The zero-order chi connectivity index (χ0) is 17.9. The van der Waals surface area contributed by atoms with Gasteiger partial charge in [-0.3, -0.25) is 9.97 Å². The van der Waals surface area contributed by atoms with Crippen LogP contribution in [-0.4, -0.2) is 33.1 Å². The summed E-state index contributed by atoms with van der Waals surface area (Å²) in [6, 6.07) is 6.01. The number of nitrogens with zero attached hydrogens (tertiary/aromatic N) is 3. The van der Waals surface area contributed by atoms with Crippen molar-refractivity contribution in [2.45, 2.75) is 45.9 Å². The van der Waals surface area contributed by atoms with Crippen molar-refractivity contribution in [2.24, 2.45) is 0 Å². The highest BCUT2D eigenvalue weighted by Gasteiger charge is 2.26. The Kier molecular flexibility index (Phi) is 4.88. The fourth-order valence-corrected chi connectivity index (χ4v) is 2.71. The first-order valence-electron chi connectivity index (χ1n) is 8.49. The van der Waals surface area contributed by atoms with E-state index < -0.39 is 5.60 Å². The molecule has 6 nitrogen and oxygen atoms in total. The van der Waals surface area contributed by atoms with Crippen LogP contribution in [0, 0.1) is 0 Å². The zero-order valence-corrected chi connectivity index (χ0v) is 15.0. The lowest BCUT2D eigenvalue weighted by molar-refractivity contribution is 0.0223. The maximum Gasteiger partial charge on any atom is 0.410 e. The van der Waals surface area contributed by atoms with Gasteiger partial charge in [0.15, 0.2) is 0 Å². The second-order valence-corrected chi connectivity index (χ2v) is 7.20. The molecule has 0 saturated carbocycles. The quantitative estimate of drug-likeness (QED) is 0.928. The number of hydrogen-bond acceptors (Lipinski definition) is 5. The van der Waals surface area contributed by atoms with Crippen LogP contribution in [-0.2, 0) is 24.2 Å². The van der Waals surface area contributed by atoms with Crippen molar-refractivity contribution in [3.8, 4) is 0 Å². The Morgan fingerprint density at radius 1 is 1.36 bits per heavy atom. The van der Waals surface area contributed by atoms with Crippen LogP contribution < -0.4 is 5.32 Å². The van der Waals surface area contributed by atoms with E-state index in [-0.39, 0.29) is 6.09 Å². The number of ether oxygens (including phenoxy) is 1. The predicted octanol–water partition coefficient (Wildman–Crippen LogP) is 3.38. The molecule has 3 heterocycles. The van der Waals surface area contributed by atoms with Gasteiger partial charge in [-0.05, 0) is 44.0 Å². The Hall–Kier alpha value is -2.63. The Morgan fingerprint density at radius 3 is 2.92 bits per heavy atom. The molecule has 0 aliphatic carbocycles. The van der Waals surface area contributed by atoms with E-state index in [4.69, 9.17) is 4.74 Å². The van der Waals surface area contributed by atoms with Gasteiger partial charge < -0.3 is 15.0 Å². The number of anilines is 1. The predicted molar refractivity (Wildman–Crippen MR) is 96.1 cm³/mol. The van der Waals surface area contributed by atoms with E-state index in [9.17, 15) is 4.79 Å². The molecular formula is C19H24N4O2. The number of amides is 1. The van der Waals surface area contributed by atoms with Gasteiger partial charge in [-0.2, -0.15) is 0 Å². The van der Waals surface area contributed by atoms with Crippen LogP contribution in [0.3, 0.4) is 0 Å². The summed E-state index contributed by atoms with van der Waals surface area (Å²) in [5.74, 6) is 0. The maximum absolute atomic E-state index is 12.3. The number of nitrogens with one attached hydrogen (secondary N) is 1. The first-order chi connectivity index (χ1) is 11.9. The third-order valence-electron chi connectivity index (χ3n) is 3.91. The van der Waals surface area contributed by atoms with Gasteiger partial charge in [-0.1, -0.05) is 6.07 Å². The first-order valence-corrected chi connectivity index (χ1v) is 8.49. The van der Waals surface area contributed by atoms with Crippen LogP contribution in [0.4, 0.5) is 10.5 Å². The second-order valence-electron chi connectivity index (χ2n) is 7.20. The van der Waals surface area contributed by atoms with Crippen LogP contribution in [0.1, 0.15) is 37.6 Å². The fourth-order valence-electron chi connectivity index (χ4n) is 2.71. The van der Waals surface area contributed by atoms with Crippen LogP contribution in [0.25, 0.3) is 0 Å². The zero-order valence-electron chi connectivity index (χ0n) is 15.0. The highest BCUT2D eigenvalue weighted by atomic mass is 16.6. The molecule has 1 amide bonds. The number of rotatable bonds is 3. The van der Waals surface area contributed by atoms with E-state index in [1.165, 1.54) is 0 Å². The van der Waals surface area contributed by atoms with E-state index >= 15 is 0 Å². The van der Waals surface area contributed by atoms with Gasteiger partial charge in [0.2, 0.25) is 0 Å². The molecule has 25 heavy (non-hydrogen) atoms. The summed E-state index contributed by atoms with van der Waals surface area (Å²) in [4.78, 5) is 22.7. The monoisotopic (exact) mass is 340 g/mol. The Labute approximate surface area is 148 Å². The minimum Gasteiger partial charge on any atom is -0.444 e. The van der Waals surface area contributed by atoms with Crippen molar-refractivity contribution in [3.05, 3.63) is 53.6 Å². The number of carbonyl (C=O) groups is 1. The smallest absolute Gasteiger partial charge is 0.410 e. The Morgan fingerprint density at radius 2 is 2.20 bits per heavy atom. The third-order valence-corrected chi connectivity index (χ3v) is 3.91. The Balaban J connectivity index is 1.66. The number of aromatic nitrogens is 2. The number of carbonyl (C=O) groups excluding carboxylic acids is 1. The molecule has 0 saturated heterocycles. The summed E-state index contributed by atoms with van der Waals surface area (Å²) in [6.07, 6.45) is 5.92. The first kappa shape index (κ1) is 17.2. The van der Waals surface area contributed by atoms with E-state index in [1.54, 1.807) is 11.1 Å². The van der Waals surface area contributed by atoms with Gasteiger partial charge in [0, 0.05) is 37.6 Å². The number of pyridine rings is 2. The van der Waals surface area contributed by atoms with Crippen molar-refractivity contribution < 1.29 is 9.53 Å². The molecule has 1 aliphatic heterocycles. The topological polar surface area (TPSA) is 67.3 Å². The minimum atomic E-state index is -0.483. The van der Waals surface area contributed by atoms with Gasteiger partial charge in [0.1, 0.15) is 5.60 Å². The lowest BCUT2D eigenvalue weighted by Crippen LogP contribution is -2.40. The van der Waals surface area contributed by atoms with Gasteiger partial charge in [0.05, 0.1) is 18.4 Å². The highest BCUT2D eigenvalue weighted by Crippen LogP contribution is 2.22. The van der Waals surface area contributed by atoms with Crippen LogP contribution in [0.5, 0.6) is 0 Å². The standard InChI is InChI=1S/C19H24N4O2/c1-19(2,3)25-18(24)23-8-6-17-15(13-23)9-16(12-22-17)21-11-14-5-4-7-20-10-14/h4-5,7,9-10,12,21H,6,8,11,13H2,1-3H3. The molecule has 0 radical (unpaired) electrons. The third kappa shape index (κ3) is 4.68.